The molecule has 1 heterocycles. The van der Waals surface area contributed by atoms with Crippen LogP contribution >= 0.6 is 0 Å². The van der Waals surface area contributed by atoms with Crippen LogP contribution in [0, 0.1) is 11.7 Å². The molecule has 1 amide bonds. The van der Waals surface area contributed by atoms with Crippen molar-refractivity contribution in [3.8, 4) is 5.75 Å². The summed E-state index contributed by atoms with van der Waals surface area (Å²) in [4.78, 5) is 12.7. The molecule has 124 valence electrons. The Morgan fingerprint density at radius 2 is 1.92 bits per heavy atom. The third kappa shape index (κ3) is 2.77. The van der Waals surface area contributed by atoms with Gasteiger partial charge in [-0.2, -0.15) is 0 Å². The summed E-state index contributed by atoms with van der Waals surface area (Å²) in [7, 11) is 0. The lowest BCUT2D eigenvalue weighted by atomic mass is 9.93. The molecular weight excluding hydrogens is 305 g/mol. The minimum atomic E-state index is -0.457. The fraction of sp³-hybridized carbons (Fsp3) is 0.350. The Labute approximate surface area is 140 Å². The molecule has 1 aliphatic carbocycles. The highest BCUT2D eigenvalue weighted by Gasteiger charge is 2.51. The van der Waals surface area contributed by atoms with Crippen molar-refractivity contribution in [3.05, 3.63) is 65.5 Å². The molecule has 0 bridgehead atoms. The molecule has 4 rings (SSSR count). The van der Waals surface area contributed by atoms with Crippen molar-refractivity contribution in [2.24, 2.45) is 5.92 Å². The third-order valence-corrected chi connectivity index (χ3v) is 5.09. The molecule has 1 fully saturated rings. The molecule has 2 aromatic rings. The number of ether oxygens (including phenoxy) is 1. The summed E-state index contributed by atoms with van der Waals surface area (Å²) in [6, 6.07) is 14.3. The molecule has 1 unspecified atom stereocenters. The number of carbonyl (C=O) groups excluding carboxylic acids is 1. The van der Waals surface area contributed by atoms with E-state index in [1.165, 1.54) is 17.7 Å². The lowest BCUT2D eigenvalue weighted by molar-refractivity contribution is -0.123. The van der Waals surface area contributed by atoms with Gasteiger partial charge in [0.1, 0.15) is 11.6 Å². The van der Waals surface area contributed by atoms with Gasteiger partial charge in [0, 0.05) is 12.5 Å². The average molecular weight is 325 g/mol. The second-order valence-corrected chi connectivity index (χ2v) is 6.79. The fourth-order valence-corrected chi connectivity index (χ4v) is 3.47. The number of nitrogens with one attached hydrogen (secondary N) is 1. The minimum absolute atomic E-state index is 0.0490. The summed E-state index contributed by atoms with van der Waals surface area (Å²) < 4.78 is 18.9. The molecule has 0 spiro atoms. The second kappa shape index (κ2) is 5.93. The Kier molecular flexibility index (Phi) is 3.75. The smallest absolute Gasteiger partial charge is 0.230 e. The van der Waals surface area contributed by atoms with Crippen molar-refractivity contribution >= 4 is 5.91 Å². The van der Waals surface area contributed by atoms with Crippen LogP contribution < -0.4 is 10.1 Å². The molecule has 2 aliphatic rings. The lowest BCUT2D eigenvalue weighted by Gasteiger charge is -2.26. The van der Waals surface area contributed by atoms with Crippen LogP contribution in [-0.4, -0.2) is 19.1 Å². The van der Waals surface area contributed by atoms with Gasteiger partial charge in [-0.15, -0.1) is 0 Å². The number of carbonyl (C=O) groups is 1. The molecule has 2 aromatic carbocycles. The van der Waals surface area contributed by atoms with Crippen LogP contribution in [0.15, 0.2) is 48.5 Å². The number of hydrogen-bond donors (Lipinski definition) is 1. The van der Waals surface area contributed by atoms with Gasteiger partial charge < -0.3 is 10.1 Å². The van der Waals surface area contributed by atoms with Crippen LogP contribution in [-0.2, 0) is 16.6 Å². The van der Waals surface area contributed by atoms with Gasteiger partial charge in [-0.1, -0.05) is 30.3 Å². The van der Waals surface area contributed by atoms with E-state index >= 15 is 0 Å². The van der Waals surface area contributed by atoms with Crippen LogP contribution in [0.4, 0.5) is 4.39 Å². The van der Waals surface area contributed by atoms with Crippen LogP contribution in [0.2, 0.25) is 0 Å². The minimum Gasteiger partial charge on any atom is -0.493 e. The molecular formula is C20H20FNO2. The Balaban J connectivity index is 1.38. The quantitative estimate of drug-likeness (QED) is 0.937. The summed E-state index contributed by atoms with van der Waals surface area (Å²) in [5.74, 6) is 1.01. The van der Waals surface area contributed by atoms with Gasteiger partial charge in [0.2, 0.25) is 5.91 Å². The molecule has 0 aromatic heterocycles. The molecule has 1 aliphatic heterocycles. The van der Waals surface area contributed by atoms with Crippen LogP contribution in [0.5, 0.6) is 5.75 Å². The van der Waals surface area contributed by atoms with E-state index in [1.54, 1.807) is 12.1 Å². The van der Waals surface area contributed by atoms with Gasteiger partial charge in [-0.05, 0) is 48.6 Å². The van der Waals surface area contributed by atoms with Gasteiger partial charge in [-0.3, -0.25) is 4.79 Å². The number of hydrogen-bond acceptors (Lipinski definition) is 2. The molecule has 3 nitrogen and oxygen atoms in total. The fourth-order valence-electron chi connectivity index (χ4n) is 3.47. The van der Waals surface area contributed by atoms with E-state index in [4.69, 9.17) is 4.74 Å². The second-order valence-electron chi connectivity index (χ2n) is 6.79. The van der Waals surface area contributed by atoms with E-state index < -0.39 is 5.41 Å². The number of para-hydroxylation sites is 1. The first-order valence-corrected chi connectivity index (χ1v) is 8.42. The molecule has 1 N–H and O–H groups in total. The van der Waals surface area contributed by atoms with Gasteiger partial charge in [-0.25, -0.2) is 4.39 Å². The summed E-state index contributed by atoms with van der Waals surface area (Å²) in [5.41, 5.74) is 1.65. The molecule has 4 heteroatoms. The topological polar surface area (TPSA) is 38.3 Å². The highest BCUT2D eigenvalue weighted by molar-refractivity contribution is 5.91. The lowest BCUT2D eigenvalue weighted by Crippen LogP contribution is -2.40. The van der Waals surface area contributed by atoms with Gasteiger partial charge >= 0.3 is 0 Å². The van der Waals surface area contributed by atoms with Crippen LogP contribution in [0.3, 0.4) is 0 Å². The molecule has 0 saturated heterocycles. The normalized spacial score (nSPS) is 20.6. The zero-order valence-electron chi connectivity index (χ0n) is 13.4. The zero-order valence-corrected chi connectivity index (χ0v) is 13.4. The van der Waals surface area contributed by atoms with Crippen molar-refractivity contribution in [3.63, 3.8) is 0 Å². The van der Waals surface area contributed by atoms with E-state index in [2.05, 4.69) is 11.4 Å². The number of fused-ring (bicyclic) bond motifs is 1. The maximum absolute atomic E-state index is 13.1. The van der Waals surface area contributed by atoms with E-state index in [0.717, 1.165) is 30.6 Å². The molecule has 0 radical (unpaired) electrons. The van der Waals surface area contributed by atoms with Gasteiger partial charge in [0.05, 0.1) is 12.0 Å². The molecule has 1 atom stereocenters. The Morgan fingerprint density at radius 1 is 1.17 bits per heavy atom. The maximum Gasteiger partial charge on any atom is 0.230 e. The van der Waals surface area contributed by atoms with Crippen molar-refractivity contribution < 1.29 is 13.9 Å². The van der Waals surface area contributed by atoms with Crippen LogP contribution in [0.25, 0.3) is 0 Å². The molecule has 1 saturated carbocycles. The number of rotatable bonds is 4. The van der Waals surface area contributed by atoms with E-state index in [-0.39, 0.29) is 17.6 Å². The SMILES string of the molecule is O=C(NCC1COc2ccccc2C1)C1(c2ccc(F)cc2)CC1. The predicted octanol–water partition coefficient (Wildman–Crippen LogP) is 3.22. The molecule has 24 heavy (non-hydrogen) atoms. The predicted molar refractivity (Wildman–Crippen MR) is 89.5 cm³/mol. The Morgan fingerprint density at radius 3 is 2.67 bits per heavy atom. The summed E-state index contributed by atoms with van der Waals surface area (Å²) >= 11 is 0. The summed E-state index contributed by atoms with van der Waals surface area (Å²) in [6.45, 7) is 1.23. The van der Waals surface area contributed by atoms with Crippen molar-refractivity contribution in [2.45, 2.75) is 24.7 Å². The van der Waals surface area contributed by atoms with Crippen molar-refractivity contribution in [2.75, 3.05) is 13.2 Å². The summed E-state index contributed by atoms with van der Waals surface area (Å²) in [5, 5.41) is 3.09. The zero-order chi connectivity index (χ0) is 16.6. The van der Waals surface area contributed by atoms with Gasteiger partial charge in [0.25, 0.3) is 0 Å². The third-order valence-electron chi connectivity index (χ3n) is 5.09. The Hall–Kier alpha value is -2.36. The first kappa shape index (κ1) is 15.2. The average Bonchev–Trinajstić information content (AvgIpc) is 3.42. The van der Waals surface area contributed by atoms with Crippen LogP contribution in [0.1, 0.15) is 24.0 Å². The van der Waals surface area contributed by atoms with Gasteiger partial charge in [0.15, 0.2) is 0 Å². The Bertz CT molecular complexity index is 752. The highest BCUT2D eigenvalue weighted by atomic mass is 19.1. The summed E-state index contributed by atoms with van der Waals surface area (Å²) in [6.07, 6.45) is 2.57. The number of halogens is 1. The van der Waals surface area contributed by atoms with E-state index in [1.807, 2.05) is 18.2 Å². The first-order valence-electron chi connectivity index (χ1n) is 8.42. The maximum atomic E-state index is 13.1. The standard InChI is InChI=1S/C20H20FNO2/c21-17-7-5-16(6-8-17)20(9-10-20)19(23)22-12-14-11-15-3-1-2-4-18(15)24-13-14/h1-8,14H,9-13H2,(H,22,23). The van der Waals surface area contributed by atoms with E-state index in [9.17, 15) is 9.18 Å². The number of benzene rings is 2. The van der Waals surface area contributed by atoms with Crippen molar-refractivity contribution in [1.29, 1.82) is 0 Å². The highest BCUT2D eigenvalue weighted by Crippen LogP contribution is 2.48. The monoisotopic (exact) mass is 325 g/mol. The van der Waals surface area contributed by atoms with E-state index in [0.29, 0.717) is 13.2 Å². The number of amides is 1. The first-order chi connectivity index (χ1) is 11.7. The largest absolute Gasteiger partial charge is 0.493 e. The van der Waals surface area contributed by atoms with Crippen molar-refractivity contribution in [1.82, 2.24) is 5.32 Å².